The van der Waals surface area contributed by atoms with E-state index >= 15 is 0 Å². The van der Waals surface area contributed by atoms with Gasteiger partial charge in [-0.2, -0.15) is 0 Å². The number of aliphatic carboxylic acids is 1. The van der Waals surface area contributed by atoms with Crippen molar-refractivity contribution in [2.75, 3.05) is 20.1 Å². The zero-order chi connectivity index (χ0) is 15.5. The van der Waals surface area contributed by atoms with E-state index in [0.29, 0.717) is 31.8 Å². The molecule has 20 heavy (non-hydrogen) atoms. The van der Waals surface area contributed by atoms with E-state index in [0.717, 1.165) is 12.8 Å². The Labute approximate surface area is 121 Å². The van der Waals surface area contributed by atoms with Crippen LogP contribution < -0.4 is 5.32 Å². The highest BCUT2D eigenvalue weighted by molar-refractivity contribution is 5.73. The fourth-order valence-electron chi connectivity index (χ4n) is 1.88. The van der Waals surface area contributed by atoms with Gasteiger partial charge in [0.15, 0.2) is 0 Å². The lowest BCUT2D eigenvalue weighted by atomic mass is 9.97. The molecule has 0 bridgehead atoms. The molecule has 0 saturated heterocycles. The summed E-state index contributed by atoms with van der Waals surface area (Å²) in [4.78, 5) is 23.8. The molecule has 6 heteroatoms. The van der Waals surface area contributed by atoms with E-state index in [1.807, 2.05) is 6.92 Å². The maximum Gasteiger partial charge on any atom is 0.317 e. The van der Waals surface area contributed by atoms with Crippen molar-refractivity contribution in [2.24, 2.45) is 5.92 Å². The molecule has 0 saturated carbocycles. The summed E-state index contributed by atoms with van der Waals surface area (Å²) in [6, 6.07) is -0.154. The van der Waals surface area contributed by atoms with Gasteiger partial charge in [-0.1, -0.05) is 13.3 Å². The molecule has 2 unspecified atom stereocenters. The summed E-state index contributed by atoms with van der Waals surface area (Å²) in [6.45, 7) is 4.79. The standard InChI is InChI=1S/C14H28N2O4/c1-4-12(5-6-13(18)19)7-9-15-14(20)16(3)10-8-11(2)17/h11-12,17H,4-10H2,1-3H3,(H,15,20)(H,18,19). The number of aliphatic hydroxyl groups excluding tert-OH is 1. The zero-order valence-electron chi connectivity index (χ0n) is 12.8. The first-order valence-electron chi connectivity index (χ1n) is 7.25. The van der Waals surface area contributed by atoms with Gasteiger partial charge < -0.3 is 20.4 Å². The Balaban J connectivity index is 3.84. The van der Waals surface area contributed by atoms with E-state index in [1.54, 1.807) is 18.9 Å². The largest absolute Gasteiger partial charge is 0.481 e. The van der Waals surface area contributed by atoms with Crippen LogP contribution in [-0.4, -0.2) is 53.4 Å². The summed E-state index contributed by atoms with van der Waals surface area (Å²) >= 11 is 0. The molecule has 0 heterocycles. The SMILES string of the molecule is CCC(CCNC(=O)N(C)CCC(C)O)CCC(=O)O. The van der Waals surface area contributed by atoms with Crippen LogP contribution in [0.4, 0.5) is 4.79 Å². The summed E-state index contributed by atoms with van der Waals surface area (Å²) in [5.41, 5.74) is 0. The Kier molecular flexibility index (Phi) is 9.80. The second-order valence-corrected chi connectivity index (χ2v) is 5.29. The molecule has 0 aromatic heterocycles. The Morgan fingerprint density at radius 3 is 2.40 bits per heavy atom. The Morgan fingerprint density at radius 1 is 1.25 bits per heavy atom. The smallest absolute Gasteiger partial charge is 0.317 e. The van der Waals surface area contributed by atoms with Crippen LogP contribution in [0.2, 0.25) is 0 Å². The van der Waals surface area contributed by atoms with E-state index in [-0.39, 0.29) is 12.5 Å². The van der Waals surface area contributed by atoms with Gasteiger partial charge >= 0.3 is 12.0 Å². The lowest BCUT2D eigenvalue weighted by Crippen LogP contribution is -2.39. The highest BCUT2D eigenvalue weighted by Crippen LogP contribution is 2.14. The fourth-order valence-corrected chi connectivity index (χ4v) is 1.88. The Hall–Kier alpha value is -1.30. The minimum absolute atomic E-state index is 0.154. The summed E-state index contributed by atoms with van der Waals surface area (Å²) in [6.07, 6.45) is 2.69. The van der Waals surface area contributed by atoms with Gasteiger partial charge in [-0.25, -0.2) is 4.79 Å². The van der Waals surface area contributed by atoms with Crippen LogP contribution in [0.1, 0.15) is 46.0 Å². The van der Waals surface area contributed by atoms with Crippen LogP contribution in [0.25, 0.3) is 0 Å². The van der Waals surface area contributed by atoms with Gasteiger partial charge in [0.25, 0.3) is 0 Å². The van der Waals surface area contributed by atoms with E-state index < -0.39 is 12.1 Å². The van der Waals surface area contributed by atoms with Gasteiger partial charge in [0.2, 0.25) is 0 Å². The third-order valence-corrected chi connectivity index (χ3v) is 3.40. The number of carbonyl (C=O) groups is 2. The summed E-state index contributed by atoms with van der Waals surface area (Å²) < 4.78 is 0. The number of carboxylic acid groups (broad SMARTS) is 1. The predicted molar refractivity (Wildman–Crippen MR) is 77.6 cm³/mol. The minimum atomic E-state index is -0.773. The molecule has 2 atom stereocenters. The lowest BCUT2D eigenvalue weighted by molar-refractivity contribution is -0.137. The molecule has 0 spiro atoms. The number of nitrogens with zero attached hydrogens (tertiary/aromatic N) is 1. The summed E-state index contributed by atoms with van der Waals surface area (Å²) in [5, 5.41) is 20.6. The molecular formula is C14H28N2O4. The fraction of sp³-hybridized carbons (Fsp3) is 0.857. The number of carbonyl (C=O) groups excluding carboxylic acids is 1. The molecule has 3 N–H and O–H groups in total. The molecule has 118 valence electrons. The van der Waals surface area contributed by atoms with Crippen LogP contribution in [0.3, 0.4) is 0 Å². The molecule has 6 nitrogen and oxygen atoms in total. The van der Waals surface area contributed by atoms with Gasteiger partial charge in [-0.05, 0) is 32.1 Å². The molecule has 2 amide bonds. The van der Waals surface area contributed by atoms with Crippen molar-refractivity contribution in [3.05, 3.63) is 0 Å². The first kappa shape index (κ1) is 18.7. The molecule has 0 rings (SSSR count). The van der Waals surface area contributed by atoms with Crippen molar-refractivity contribution in [3.63, 3.8) is 0 Å². The van der Waals surface area contributed by atoms with Gasteiger partial charge in [0.1, 0.15) is 0 Å². The maximum atomic E-state index is 11.7. The zero-order valence-corrected chi connectivity index (χ0v) is 12.8. The third-order valence-electron chi connectivity index (χ3n) is 3.40. The number of rotatable bonds is 10. The van der Waals surface area contributed by atoms with Crippen LogP contribution in [-0.2, 0) is 4.79 Å². The van der Waals surface area contributed by atoms with Crippen molar-refractivity contribution in [1.29, 1.82) is 0 Å². The number of hydrogen-bond donors (Lipinski definition) is 3. The number of amides is 2. The van der Waals surface area contributed by atoms with E-state index in [2.05, 4.69) is 5.32 Å². The van der Waals surface area contributed by atoms with Crippen LogP contribution in [0, 0.1) is 5.92 Å². The number of urea groups is 1. The molecule has 0 aromatic rings. The van der Waals surface area contributed by atoms with Gasteiger partial charge in [0, 0.05) is 26.6 Å². The van der Waals surface area contributed by atoms with Crippen molar-refractivity contribution in [2.45, 2.75) is 52.1 Å². The second kappa shape index (κ2) is 10.5. The first-order chi connectivity index (χ1) is 9.36. The normalized spacial score (nSPS) is 13.6. The third kappa shape index (κ3) is 9.61. The number of carboxylic acids is 1. The van der Waals surface area contributed by atoms with Crippen molar-refractivity contribution in [3.8, 4) is 0 Å². The molecule has 0 aliphatic heterocycles. The highest BCUT2D eigenvalue weighted by Gasteiger charge is 2.12. The molecule has 0 fully saturated rings. The topological polar surface area (TPSA) is 89.9 Å². The highest BCUT2D eigenvalue weighted by atomic mass is 16.4. The Morgan fingerprint density at radius 2 is 1.90 bits per heavy atom. The monoisotopic (exact) mass is 288 g/mol. The van der Waals surface area contributed by atoms with E-state index in [9.17, 15) is 9.59 Å². The Bertz CT molecular complexity index is 295. The average Bonchev–Trinajstić information content (AvgIpc) is 2.39. The molecular weight excluding hydrogens is 260 g/mol. The number of nitrogens with one attached hydrogen (secondary N) is 1. The van der Waals surface area contributed by atoms with E-state index in [4.69, 9.17) is 10.2 Å². The minimum Gasteiger partial charge on any atom is -0.481 e. The van der Waals surface area contributed by atoms with Gasteiger partial charge in [0.05, 0.1) is 6.10 Å². The van der Waals surface area contributed by atoms with Gasteiger partial charge in [-0.15, -0.1) is 0 Å². The predicted octanol–water partition coefficient (Wildman–Crippen LogP) is 1.68. The lowest BCUT2D eigenvalue weighted by Gasteiger charge is -2.20. The van der Waals surface area contributed by atoms with Crippen molar-refractivity contribution < 1.29 is 19.8 Å². The molecule has 0 aliphatic carbocycles. The van der Waals surface area contributed by atoms with Gasteiger partial charge in [-0.3, -0.25) is 4.79 Å². The molecule has 0 aromatic carbocycles. The maximum absolute atomic E-state index is 11.7. The average molecular weight is 288 g/mol. The summed E-state index contributed by atoms with van der Waals surface area (Å²) in [5.74, 6) is -0.445. The second-order valence-electron chi connectivity index (χ2n) is 5.29. The molecule has 0 radical (unpaired) electrons. The summed E-state index contributed by atoms with van der Waals surface area (Å²) in [7, 11) is 1.69. The number of hydrogen-bond acceptors (Lipinski definition) is 3. The quantitative estimate of drug-likeness (QED) is 0.570. The van der Waals surface area contributed by atoms with Crippen molar-refractivity contribution in [1.82, 2.24) is 10.2 Å². The molecule has 0 aliphatic rings. The van der Waals surface area contributed by atoms with E-state index in [1.165, 1.54) is 0 Å². The van der Waals surface area contributed by atoms with Crippen LogP contribution in [0.5, 0.6) is 0 Å². The van der Waals surface area contributed by atoms with Crippen LogP contribution >= 0.6 is 0 Å². The first-order valence-corrected chi connectivity index (χ1v) is 7.25. The van der Waals surface area contributed by atoms with Crippen molar-refractivity contribution >= 4 is 12.0 Å². The van der Waals surface area contributed by atoms with Crippen LogP contribution in [0.15, 0.2) is 0 Å². The number of aliphatic hydroxyl groups is 1.